The van der Waals surface area contributed by atoms with Crippen LogP contribution >= 0.6 is 0 Å². The lowest BCUT2D eigenvalue weighted by Gasteiger charge is -2.49. The van der Waals surface area contributed by atoms with Crippen molar-refractivity contribution in [3.8, 4) is 5.75 Å². The van der Waals surface area contributed by atoms with E-state index in [1.54, 1.807) is 53.5 Å². The lowest BCUT2D eigenvalue weighted by Crippen LogP contribution is -2.68. The summed E-state index contributed by atoms with van der Waals surface area (Å²) in [5.41, 5.74) is 1.22. The summed E-state index contributed by atoms with van der Waals surface area (Å²) in [5, 5.41) is 6.29. The van der Waals surface area contributed by atoms with Crippen LogP contribution in [0.2, 0.25) is 0 Å². The van der Waals surface area contributed by atoms with Crippen molar-refractivity contribution in [3.05, 3.63) is 60.2 Å². The van der Waals surface area contributed by atoms with Gasteiger partial charge in [-0.2, -0.15) is 0 Å². The summed E-state index contributed by atoms with van der Waals surface area (Å²) < 4.78 is 33.7. The fraction of sp³-hybridized carbons (Fsp3) is 0.419. The second-order valence-electron chi connectivity index (χ2n) is 10.3. The predicted molar refractivity (Wildman–Crippen MR) is 157 cm³/mol. The van der Waals surface area contributed by atoms with Gasteiger partial charge in [0.2, 0.25) is 6.29 Å². The number of hydrogen-bond donors (Lipinski definition) is 0. The first-order chi connectivity index (χ1) is 21.4. The minimum absolute atomic E-state index is 0.0809. The molecule has 2 aromatic carbocycles. The summed E-state index contributed by atoms with van der Waals surface area (Å²) in [5.74, 6) is -2.91. The van der Waals surface area contributed by atoms with Crippen LogP contribution in [0.4, 0.5) is 5.69 Å². The Kier molecular flexibility index (Phi) is 10.4. The lowest BCUT2D eigenvalue weighted by molar-refractivity contribution is -0.282. The highest BCUT2D eigenvalue weighted by Crippen LogP contribution is 2.42. The van der Waals surface area contributed by atoms with Gasteiger partial charge in [0, 0.05) is 34.6 Å². The third-order valence-corrected chi connectivity index (χ3v) is 6.96. The minimum Gasteiger partial charge on any atom is -0.497 e. The van der Waals surface area contributed by atoms with E-state index in [9.17, 15) is 24.0 Å². The number of amidine groups is 1. The van der Waals surface area contributed by atoms with Gasteiger partial charge in [-0.15, -0.1) is 5.10 Å². The van der Waals surface area contributed by atoms with Gasteiger partial charge >= 0.3 is 23.9 Å². The smallest absolute Gasteiger partial charge is 0.305 e. The average molecular weight is 626 g/mol. The van der Waals surface area contributed by atoms with Crippen LogP contribution < -0.4 is 9.75 Å². The number of hydrazone groups is 1. The molecule has 0 spiro atoms. The molecule has 0 saturated carbocycles. The molecule has 1 fully saturated rings. The van der Waals surface area contributed by atoms with Crippen molar-refractivity contribution in [3.63, 3.8) is 0 Å². The summed E-state index contributed by atoms with van der Waals surface area (Å²) in [4.78, 5) is 63.9. The molecule has 14 nitrogen and oxygen atoms in total. The molecule has 0 bridgehead atoms. The summed E-state index contributed by atoms with van der Waals surface area (Å²) in [6, 6.07) is 14.7. The quantitative estimate of drug-likeness (QED) is 0.280. The Morgan fingerprint density at radius 2 is 1.38 bits per heavy atom. The molecule has 240 valence electrons. The van der Waals surface area contributed by atoms with E-state index in [1.807, 2.05) is 6.07 Å². The fourth-order valence-electron chi connectivity index (χ4n) is 5.29. The first kappa shape index (κ1) is 32.9. The number of benzene rings is 2. The zero-order valence-corrected chi connectivity index (χ0v) is 25.7. The normalized spacial score (nSPS) is 24.3. The number of nitrogens with zero attached hydrogens (tertiary/aromatic N) is 3. The highest BCUT2D eigenvalue weighted by Gasteiger charge is 2.58. The van der Waals surface area contributed by atoms with E-state index in [2.05, 4.69) is 5.10 Å². The highest BCUT2D eigenvalue weighted by molar-refractivity contribution is 6.38. The second-order valence-corrected chi connectivity index (χ2v) is 10.3. The van der Waals surface area contributed by atoms with Gasteiger partial charge in [0.25, 0.3) is 0 Å². The van der Waals surface area contributed by atoms with Crippen LogP contribution in [0.15, 0.2) is 59.7 Å². The maximum absolute atomic E-state index is 13.3. The van der Waals surface area contributed by atoms with E-state index in [0.717, 1.165) is 20.8 Å². The van der Waals surface area contributed by atoms with Crippen LogP contribution in [0, 0.1) is 0 Å². The van der Waals surface area contributed by atoms with E-state index in [4.69, 9.17) is 28.4 Å². The minimum atomic E-state index is -1.53. The van der Waals surface area contributed by atoms with Crippen molar-refractivity contribution < 1.29 is 52.4 Å². The number of para-hydroxylation sites is 1. The summed E-state index contributed by atoms with van der Waals surface area (Å²) in [6.45, 7) is 5.51. The number of Topliss-reactive ketones (excluding diaryl/α,β-unsaturated/α-hetero) is 1. The number of anilines is 1. The average Bonchev–Trinajstić information content (AvgIpc) is 3.38. The lowest BCUT2D eigenvalue weighted by atomic mass is 9.93. The number of esters is 4. The van der Waals surface area contributed by atoms with Crippen molar-refractivity contribution in [1.82, 2.24) is 4.90 Å². The molecule has 0 N–H and O–H groups in total. The third-order valence-electron chi connectivity index (χ3n) is 6.96. The second kappa shape index (κ2) is 14.2. The molecular weight excluding hydrogens is 590 g/mol. The van der Waals surface area contributed by atoms with Gasteiger partial charge in [-0.3, -0.25) is 24.0 Å². The molecule has 1 unspecified atom stereocenters. The number of carbonyl (C=O) groups excluding carboxylic acids is 5. The Bertz CT molecular complexity index is 1450. The molecular formula is C31H35N3O11. The van der Waals surface area contributed by atoms with Gasteiger partial charge in [-0.25, -0.2) is 5.01 Å². The van der Waals surface area contributed by atoms with Crippen LogP contribution in [-0.2, 0) is 47.7 Å². The van der Waals surface area contributed by atoms with E-state index in [1.165, 1.54) is 25.9 Å². The van der Waals surface area contributed by atoms with Crippen LogP contribution in [0.3, 0.4) is 0 Å². The summed E-state index contributed by atoms with van der Waals surface area (Å²) in [7, 11) is 1.53. The van der Waals surface area contributed by atoms with Crippen molar-refractivity contribution in [2.45, 2.75) is 71.4 Å². The first-order valence-corrected chi connectivity index (χ1v) is 14.1. The zero-order chi connectivity index (χ0) is 32.8. The van der Waals surface area contributed by atoms with Crippen LogP contribution in [0.25, 0.3) is 0 Å². The van der Waals surface area contributed by atoms with Crippen molar-refractivity contribution in [2.75, 3.05) is 18.7 Å². The van der Waals surface area contributed by atoms with E-state index in [-0.39, 0.29) is 5.84 Å². The highest BCUT2D eigenvalue weighted by atomic mass is 16.7. The Morgan fingerprint density at radius 1 is 0.778 bits per heavy atom. The number of carbonyl (C=O) groups is 5. The van der Waals surface area contributed by atoms with Crippen molar-refractivity contribution in [1.29, 1.82) is 0 Å². The first-order valence-electron chi connectivity index (χ1n) is 14.1. The molecule has 2 aromatic rings. The molecule has 6 atom stereocenters. The van der Waals surface area contributed by atoms with Gasteiger partial charge < -0.3 is 33.3 Å². The number of ketones is 1. The Morgan fingerprint density at radius 3 is 1.91 bits per heavy atom. The molecule has 0 radical (unpaired) electrons. The Labute approximate surface area is 259 Å². The molecule has 0 aliphatic carbocycles. The van der Waals surface area contributed by atoms with E-state index in [0.29, 0.717) is 17.0 Å². The van der Waals surface area contributed by atoms with Crippen LogP contribution in [0.1, 0.15) is 46.3 Å². The molecule has 0 aromatic heterocycles. The van der Waals surface area contributed by atoms with Gasteiger partial charge in [-0.1, -0.05) is 30.3 Å². The van der Waals surface area contributed by atoms with E-state index >= 15 is 0 Å². The Hall–Kier alpha value is -4.98. The predicted octanol–water partition coefficient (Wildman–Crippen LogP) is 2.50. The largest absolute Gasteiger partial charge is 0.497 e. The maximum Gasteiger partial charge on any atom is 0.305 e. The monoisotopic (exact) mass is 625 g/mol. The maximum atomic E-state index is 13.3. The van der Waals surface area contributed by atoms with Crippen molar-refractivity contribution in [2.24, 2.45) is 5.10 Å². The SMILES string of the molecule is COc1ccc(C2N(c3ccccc3)N=C(C(C)=O)N2[C@@H]2[C@@H](OC(C)=O)O[C@@H](COC(C)=O)[C@H](OC(C)=O)[C@H]2OC(C)=O)cc1. The zero-order valence-electron chi connectivity index (χ0n) is 25.7. The molecule has 4 rings (SSSR count). The summed E-state index contributed by atoms with van der Waals surface area (Å²) >= 11 is 0. The molecule has 45 heavy (non-hydrogen) atoms. The fourth-order valence-corrected chi connectivity index (χ4v) is 5.29. The van der Waals surface area contributed by atoms with E-state index < -0.39 is 73.1 Å². The molecule has 0 amide bonds. The number of hydrogen-bond acceptors (Lipinski definition) is 14. The molecule has 14 heteroatoms. The van der Waals surface area contributed by atoms with Gasteiger partial charge in [-0.05, 0) is 29.8 Å². The van der Waals surface area contributed by atoms with Crippen molar-refractivity contribution >= 4 is 41.2 Å². The summed E-state index contributed by atoms with van der Waals surface area (Å²) in [6.07, 6.45) is -6.43. The third kappa shape index (κ3) is 7.58. The van der Waals surface area contributed by atoms with Crippen LogP contribution in [0.5, 0.6) is 5.75 Å². The number of rotatable bonds is 10. The standard InChI is InChI=1S/C31H35N3O11/c1-17(35)29-32-34(23-10-8-7-9-11-23)30(22-12-14-24(40-6)15-13-22)33(29)26-28(43-20(4)38)27(42-19(3)37)25(16-41-18(2)36)45-31(26)44-21(5)39/h7-15,25-28,30-31H,16H2,1-6H3/t25-,26-,27-,28-,30?,31-/m0/s1. The topological polar surface area (TPSA) is 160 Å². The van der Waals surface area contributed by atoms with Gasteiger partial charge in [0.15, 0.2) is 30.0 Å². The number of ether oxygens (including phenoxy) is 6. The van der Waals surface area contributed by atoms with Crippen LogP contribution in [-0.4, -0.2) is 84.8 Å². The molecule has 1 saturated heterocycles. The molecule has 2 aliphatic rings. The molecule has 2 aliphatic heterocycles. The Balaban J connectivity index is 1.96. The molecule has 2 heterocycles. The van der Waals surface area contributed by atoms with Gasteiger partial charge in [0.1, 0.15) is 24.5 Å². The van der Waals surface area contributed by atoms with Gasteiger partial charge in [0.05, 0.1) is 12.8 Å². The number of methoxy groups -OCH3 is 1.